The summed E-state index contributed by atoms with van der Waals surface area (Å²) in [5, 5.41) is 19.5. The third kappa shape index (κ3) is 2.78. The molecule has 0 aliphatic heterocycles. The average Bonchev–Trinajstić information content (AvgIpc) is 2.68. The van der Waals surface area contributed by atoms with Crippen molar-refractivity contribution in [1.29, 1.82) is 0 Å². The zero-order valence-electron chi connectivity index (χ0n) is 8.70. The number of rotatable bonds is 6. The average molecular weight is 228 g/mol. The summed E-state index contributed by atoms with van der Waals surface area (Å²) < 4.78 is 4.72. The van der Waals surface area contributed by atoms with Crippen LogP contribution >= 0.6 is 0 Å². The lowest BCUT2D eigenvalue weighted by Crippen LogP contribution is -2.27. The highest BCUT2D eigenvalue weighted by Gasteiger charge is 2.33. The summed E-state index contributed by atoms with van der Waals surface area (Å²) in [6.07, 6.45) is 2.69. The first-order chi connectivity index (χ1) is 7.56. The van der Waals surface area contributed by atoms with Gasteiger partial charge in [-0.05, 0) is 6.42 Å². The van der Waals surface area contributed by atoms with Crippen LogP contribution in [-0.4, -0.2) is 27.5 Å². The molecular formula is C9H12N2O5. The minimum absolute atomic E-state index is 0.306. The van der Waals surface area contributed by atoms with Gasteiger partial charge < -0.3 is 9.52 Å². The monoisotopic (exact) mass is 228 g/mol. The van der Waals surface area contributed by atoms with Crippen LogP contribution in [0.4, 0.5) is 0 Å². The summed E-state index contributed by atoms with van der Waals surface area (Å²) in [7, 11) is 0. The number of hydrogen-bond donors (Lipinski definition) is 1. The largest absolute Gasteiger partial charge is 0.481 e. The van der Waals surface area contributed by atoms with Crippen molar-refractivity contribution in [2.24, 2.45) is 5.92 Å². The van der Waals surface area contributed by atoms with Crippen LogP contribution in [0.5, 0.6) is 0 Å². The van der Waals surface area contributed by atoms with E-state index in [0.29, 0.717) is 12.1 Å². The zero-order valence-corrected chi connectivity index (χ0v) is 8.70. The molecule has 7 heteroatoms. The van der Waals surface area contributed by atoms with E-state index in [1.165, 1.54) is 6.26 Å². The van der Waals surface area contributed by atoms with Gasteiger partial charge in [0, 0.05) is 4.92 Å². The first-order valence-corrected chi connectivity index (χ1v) is 4.79. The summed E-state index contributed by atoms with van der Waals surface area (Å²) in [6.45, 7) is 1.21. The standard InChI is InChI=1S/C9H12N2O5/c1-2-6(9(12)13)7(3-11(14)15)8-4-16-5-10-8/h4-7H,2-3H2,1H3,(H,12,13). The fraction of sp³-hybridized carbons (Fsp3) is 0.556. The zero-order chi connectivity index (χ0) is 12.1. The maximum Gasteiger partial charge on any atom is 0.307 e. The van der Waals surface area contributed by atoms with Crippen LogP contribution < -0.4 is 0 Å². The van der Waals surface area contributed by atoms with Crippen molar-refractivity contribution < 1.29 is 19.2 Å². The Balaban J connectivity index is 2.94. The summed E-state index contributed by atoms with van der Waals surface area (Å²) in [5.41, 5.74) is 0.311. The van der Waals surface area contributed by atoms with E-state index in [4.69, 9.17) is 9.52 Å². The molecule has 1 aromatic heterocycles. The van der Waals surface area contributed by atoms with Crippen LogP contribution in [0, 0.1) is 16.0 Å². The molecule has 88 valence electrons. The predicted octanol–water partition coefficient (Wildman–Crippen LogP) is 1.15. The van der Waals surface area contributed by atoms with Crippen molar-refractivity contribution in [1.82, 2.24) is 4.98 Å². The molecule has 0 aromatic carbocycles. The normalized spacial score (nSPS) is 14.3. The Labute approximate surface area is 91.2 Å². The Bertz CT molecular complexity index is 362. The molecule has 0 bridgehead atoms. The Morgan fingerprint density at radius 1 is 1.75 bits per heavy atom. The molecule has 2 atom stereocenters. The van der Waals surface area contributed by atoms with Crippen LogP contribution in [0.2, 0.25) is 0 Å². The highest BCUT2D eigenvalue weighted by molar-refractivity contribution is 5.71. The first kappa shape index (κ1) is 12.2. The van der Waals surface area contributed by atoms with Crippen molar-refractivity contribution in [3.8, 4) is 0 Å². The molecule has 0 radical (unpaired) electrons. The van der Waals surface area contributed by atoms with Gasteiger partial charge in [0.05, 0.1) is 17.5 Å². The second-order valence-corrected chi connectivity index (χ2v) is 3.39. The maximum absolute atomic E-state index is 11.0. The molecule has 7 nitrogen and oxygen atoms in total. The van der Waals surface area contributed by atoms with E-state index in [1.54, 1.807) is 6.92 Å². The molecule has 16 heavy (non-hydrogen) atoms. The number of nitro groups is 1. The minimum atomic E-state index is -1.06. The van der Waals surface area contributed by atoms with Gasteiger partial charge in [0.15, 0.2) is 6.39 Å². The molecule has 0 aliphatic rings. The van der Waals surface area contributed by atoms with E-state index in [9.17, 15) is 14.9 Å². The Morgan fingerprint density at radius 3 is 2.81 bits per heavy atom. The number of nitrogens with zero attached hydrogens (tertiary/aromatic N) is 2. The van der Waals surface area contributed by atoms with Gasteiger partial charge in [-0.1, -0.05) is 6.92 Å². The lowest BCUT2D eigenvalue weighted by Gasteiger charge is -2.16. The van der Waals surface area contributed by atoms with Gasteiger partial charge in [-0.25, -0.2) is 4.98 Å². The van der Waals surface area contributed by atoms with Crippen molar-refractivity contribution in [3.63, 3.8) is 0 Å². The molecule has 1 aromatic rings. The number of carboxylic acids is 1. The van der Waals surface area contributed by atoms with Crippen molar-refractivity contribution in [3.05, 3.63) is 28.5 Å². The fourth-order valence-corrected chi connectivity index (χ4v) is 1.62. The molecule has 0 fully saturated rings. The van der Waals surface area contributed by atoms with E-state index in [1.807, 2.05) is 0 Å². The van der Waals surface area contributed by atoms with E-state index >= 15 is 0 Å². The lowest BCUT2D eigenvalue weighted by molar-refractivity contribution is -0.484. The molecule has 0 saturated carbocycles. The molecule has 1 rings (SSSR count). The summed E-state index contributed by atoms with van der Waals surface area (Å²) in [5.74, 6) is -2.64. The van der Waals surface area contributed by atoms with Crippen LogP contribution in [0.25, 0.3) is 0 Å². The molecule has 1 N–H and O–H groups in total. The van der Waals surface area contributed by atoms with Gasteiger partial charge in [0.2, 0.25) is 6.54 Å². The van der Waals surface area contributed by atoms with Gasteiger partial charge in [0.1, 0.15) is 6.26 Å². The molecular weight excluding hydrogens is 216 g/mol. The predicted molar refractivity (Wildman–Crippen MR) is 52.5 cm³/mol. The van der Waals surface area contributed by atoms with E-state index < -0.39 is 29.3 Å². The van der Waals surface area contributed by atoms with Crippen LogP contribution in [0.15, 0.2) is 17.1 Å². The SMILES string of the molecule is CCC(C(=O)O)C(C[N+](=O)[O-])c1cocn1. The van der Waals surface area contributed by atoms with Crippen molar-refractivity contribution >= 4 is 5.97 Å². The summed E-state index contributed by atoms with van der Waals surface area (Å²) >= 11 is 0. The summed E-state index contributed by atoms with van der Waals surface area (Å²) in [6, 6.07) is 0. The number of carbonyl (C=O) groups is 1. The maximum atomic E-state index is 11.0. The second-order valence-electron chi connectivity index (χ2n) is 3.39. The topological polar surface area (TPSA) is 106 Å². The Hall–Kier alpha value is -1.92. The number of oxazole rings is 1. The highest BCUT2D eigenvalue weighted by Crippen LogP contribution is 2.26. The first-order valence-electron chi connectivity index (χ1n) is 4.79. The number of hydrogen-bond acceptors (Lipinski definition) is 5. The van der Waals surface area contributed by atoms with E-state index in [2.05, 4.69) is 4.98 Å². The molecule has 0 aliphatic carbocycles. The highest BCUT2D eigenvalue weighted by atomic mass is 16.6. The number of aromatic nitrogens is 1. The van der Waals surface area contributed by atoms with Gasteiger partial charge >= 0.3 is 5.97 Å². The Morgan fingerprint density at radius 2 is 2.44 bits per heavy atom. The smallest absolute Gasteiger partial charge is 0.307 e. The third-order valence-electron chi connectivity index (χ3n) is 2.42. The van der Waals surface area contributed by atoms with Crippen molar-refractivity contribution in [2.45, 2.75) is 19.3 Å². The van der Waals surface area contributed by atoms with Gasteiger partial charge in [-0.2, -0.15) is 0 Å². The van der Waals surface area contributed by atoms with Crippen LogP contribution in [-0.2, 0) is 4.79 Å². The summed E-state index contributed by atoms with van der Waals surface area (Å²) in [4.78, 5) is 24.7. The third-order valence-corrected chi connectivity index (χ3v) is 2.42. The lowest BCUT2D eigenvalue weighted by atomic mass is 9.88. The molecule has 1 heterocycles. The quantitative estimate of drug-likeness (QED) is 0.578. The van der Waals surface area contributed by atoms with Gasteiger partial charge in [-0.15, -0.1) is 0 Å². The molecule has 2 unspecified atom stereocenters. The number of carboxylic acid groups (broad SMARTS) is 1. The fourth-order valence-electron chi connectivity index (χ4n) is 1.62. The molecule has 0 amide bonds. The van der Waals surface area contributed by atoms with E-state index in [-0.39, 0.29) is 0 Å². The van der Waals surface area contributed by atoms with Crippen LogP contribution in [0.3, 0.4) is 0 Å². The Kier molecular flexibility index (Phi) is 3.98. The van der Waals surface area contributed by atoms with Crippen molar-refractivity contribution in [2.75, 3.05) is 6.54 Å². The number of aliphatic carboxylic acids is 1. The molecule has 0 saturated heterocycles. The second kappa shape index (κ2) is 5.24. The van der Waals surface area contributed by atoms with E-state index in [0.717, 1.165) is 6.39 Å². The van der Waals surface area contributed by atoms with Crippen LogP contribution in [0.1, 0.15) is 25.0 Å². The van der Waals surface area contributed by atoms with Gasteiger partial charge in [-0.3, -0.25) is 14.9 Å². The van der Waals surface area contributed by atoms with Gasteiger partial charge in [0.25, 0.3) is 0 Å². The minimum Gasteiger partial charge on any atom is -0.481 e. The molecule has 0 spiro atoms.